The van der Waals surface area contributed by atoms with Gasteiger partial charge in [0, 0.05) is 35.7 Å². The van der Waals surface area contributed by atoms with E-state index in [-0.39, 0.29) is 42.3 Å². The summed E-state index contributed by atoms with van der Waals surface area (Å²) in [6.45, 7) is 3.54. The fourth-order valence-corrected chi connectivity index (χ4v) is 4.10. The number of carbonyl (C=O) groups excluding carboxylic acids is 2. The summed E-state index contributed by atoms with van der Waals surface area (Å²) in [6.07, 6.45) is 6.01. The van der Waals surface area contributed by atoms with Crippen LogP contribution in [-0.4, -0.2) is 28.0 Å². The Morgan fingerprint density at radius 3 is 2.59 bits per heavy atom. The summed E-state index contributed by atoms with van der Waals surface area (Å²) in [5, 5.41) is 9.86. The number of aromatic nitrogens is 2. The second kappa shape index (κ2) is 10.6. The minimum Gasteiger partial charge on any atom is -0.349 e. The topological polar surface area (TPSA) is 97.1 Å². The number of hydrogen-bond acceptors (Lipinski definition) is 5. The molecule has 2 aromatic carbocycles. The Labute approximate surface area is 198 Å². The molecule has 3 aromatic rings. The summed E-state index contributed by atoms with van der Waals surface area (Å²) in [6, 6.07) is 10.3. The lowest BCUT2D eigenvalue weighted by molar-refractivity contribution is -0.116. The summed E-state index contributed by atoms with van der Waals surface area (Å²) in [5.74, 6) is -0.0296. The first kappa shape index (κ1) is 23.6. The number of halogens is 1. The minimum atomic E-state index is -0.337. The molecule has 0 spiro atoms. The van der Waals surface area contributed by atoms with E-state index in [1.165, 1.54) is 12.5 Å². The molecule has 1 aromatic heterocycles. The zero-order valence-corrected chi connectivity index (χ0v) is 19.5. The molecule has 0 saturated heterocycles. The molecule has 4 rings (SSSR count). The molecule has 8 heteroatoms. The van der Waals surface area contributed by atoms with Crippen molar-refractivity contribution in [3.8, 4) is 11.4 Å². The molecule has 34 heavy (non-hydrogen) atoms. The Kier molecular flexibility index (Phi) is 7.35. The van der Waals surface area contributed by atoms with Gasteiger partial charge in [-0.2, -0.15) is 4.98 Å². The number of carbonyl (C=O) groups is 2. The molecule has 1 saturated carbocycles. The molecular formula is C26H29FN4O3. The summed E-state index contributed by atoms with van der Waals surface area (Å²) in [5.41, 5.74) is 3.11. The van der Waals surface area contributed by atoms with Crippen LogP contribution >= 0.6 is 0 Å². The highest BCUT2D eigenvalue weighted by molar-refractivity contribution is 5.96. The van der Waals surface area contributed by atoms with E-state index in [1.807, 2.05) is 6.92 Å². The maximum Gasteiger partial charge on any atom is 0.251 e. The molecule has 2 amide bonds. The van der Waals surface area contributed by atoms with Crippen molar-refractivity contribution in [3.63, 3.8) is 0 Å². The van der Waals surface area contributed by atoms with Crippen molar-refractivity contribution in [3.05, 3.63) is 64.8 Å². The normalized spacial score (nSPS) is 14.1. The lowest BCUT2D eigenvalue weighted by Gasteiger charge is -2.23. The second-order valence-corrected chi connectivity index (χ2v) is 8.86. The molecule has 7 nitrogen and oxygen atoms in total. The second-order valence-electron chi connectivity index (χ2n) is 8.86. The van der Waals surface area contributed by atoms with E-state index >= 15 is 0 Å². The Morgan fingerprint density at radius 2 is 1.85 bits per heavy atom. The first-order valence-electron chi connectivity index (χ1n) is 11.7. The Bertz CT molecular complexity index is 1180. The van der Waals surface area contributed by atoms with Crippen molar-refractivity contribution in [1.82, 2.24) is 15.5 Å². The number of nitrogens with zero attached hydrogens (tertiary/aromatic N) is 2. The predicted molar refractivity (Wildman–Crippen MR) is 127 cm³/mol. The highest BCUT2D eigenvalue weighted by Gasteiger charge is 2.18. The molecule has 178 valence electrons. The number of rotatable bonds is 7. The summed E-state index contributed by atoms with van der Waals surface area (Å²) >= 11 is 0. The number of anilines is 1. The van der Waals surface area contributed by atoms with Crippen molar-refractivity contribution in [1.29, 1.82) is 0 Å². The summed E-state index contributed by atoms with van der Waals surface area (Å²) in [4.78, 5) is 29.3. The molecule has 1 fully saturated rings. The fraction of sp³-hybridized carbons (Fsp3) is 0.385. The third kappa shape index (κ3) is 5.87. The van der Waals surface area contributed by atoms with Crippen molar-refractivity contribution in [2.75, 3.05) is 5.32 Å². The van der Waals surface area contributed by atoms with Crippen molar-refractivity contribution >= 4 is 17.5 Å². The van der Waals surface area contributed by atoms with Crippen LogP contribution in [0.3, 0.4) is 0 Å². The van der Waals surface area contributed by atoms with Gasteiger partial charge >= 0.3 is 0 Å². The molecule has 0 aliphatic heterocycles. The molecule has 0 atom stereocenters. The van der Waals surface area contributed by atoms with Crippen molar-refractivity contribution in [2.24, 2.45) is 0 Å². The number of nitrogens with one attached hydrogen (secondary N) is 2. The van der Waals surface area contributed by atoms with Crippen molar-refractivity contribution < 1.29 is 18.5 Å². The van der Waals surface area contributed by atoms with Gasteiger partial charge in [-0.1, -0.05) is 36.6 Å². The molecule has 2 N–H and O–H groups in total. The van der Waals surface area contributed by atoms with Gasteiger partial charge in [0.15, 0.2) is 0 Å². The highest BCUT2D eigenvalue weighted by Crippen LogP contribution is 2.21. The Balaban J connectivity index is 1.30. The van der Waals surface area contributed by atoms with Crippen LogP contribution < -0.4 is 10.6 Å². The van der Waals surface area contributed by atoms with Crippen LogP contribution in [0.15, 0.2) is 40.9 Å². The number of hydrogen-bond donors (Lipinski definition) is 2. The maximum atomic E-state index is 13.8. The number of benzene rings is 2. The van der Waals surface area contributed by atoms with Gasteiger partial charge in [-0.05, 0) is 62.1 Å². The Morgan fingerprint density at radius 1 is 1.06 bits per heavy atom. The lowest BCUT2D eigenvalue weighted by atomic mass is 9.95. The monoisotopic (exact) mass is 464 g/mol. The maximum absolute atomic E-state index is 13.8. The highest BCUT2D eigenvalue weighted by atomic mass is 19.1. The van der Waals surface area contributed by atoms with E-state index in [2.05, 4.69) is 20.8 Å². The average molecular weight is 465 g/mol. The van der Waals surface area contributed by atoms with E-state index in [1.54, 1.807) is 37.3 Å². The summed E-state index contributed by atoms with van der Waals surface area (Å²) < 4.78 is 19.0. The van der Waals surface area contributed by atoms with E-state index < -0.39 is 0 Å². The first-order valence-corrected chi connectivity index (χ1v) is 11.7. The zero-order valence-electron chi connectivity index (χ0n) is 19.5. The lowest BCUT2D eigenvalue weighted by Crippen LogP contribution is -2.36. The van der Waals surface area contributed by atoms with Crippen LogP contribution in [0.5, 0.6) is 0 Å². The quantitative estimate of drug-likeness (QED) is 0.505. The van der Waals surface area contributed by atoms with Crippen LogP contribution in [0.4, 0.5) is 10.1 Å². The average Bonchev–Trinajstić information content (AvgIpc) is 3.30. The van der Waals surface area contributed by atoms with E-state index in [0.717, 1.165) is 31.2 Å². The summed E-state index contributed by atoms with van der Waals surface area (Å²) in [7, 11) is 0. The largest absolute Gasteiger partial charge is 0.349 e. The van der Waals surface area contributed by atoms with E-state index in [4.69, 9.17) is 4.52 Å². The molecule has 1 aliphatic carbocycles. The van der Waals surface area contributed by atoms with Gasteiger partial charge in [-0.15, -0.1) is 0 Å². The molecule has 0 bridgehead atoms. The predicted octanol–water partition coefficient (Wildman–Crippen LogP) is 5.13. The van der Waals surface area contributed by atoms with Gasteiger partial charge in [0.1, 0.15) is 5.82 Å². The standard InChI is InChI=1S/C26H29FN4O3/c1-16-8-9-18(15-21(16)27)25-30-24(34-31-25)13-12-23(32)29-22-11-10-19(14-17(22)2)26(33)28-20-6-4-3-5-7-20/h8-11,14-15,20H,3-7,12-13H2,1-2H3,(H,28,33)(H,29,32). The van der Waals surface area contributed by atoms with Crippen LogP contribution in [-0.2, 0) is 11.2 Å². The third-order valence-electron chi connectivity index (χ3n) is 6.17. The molecule has 0 unspecified atom stereocenters. The van der Waals surface area contributed by atoms with Crippen LogP contribution in [0.25, 0.3) is 11.4 Å². The number of amides is 2. The molecule has 1 heterocycles. The molecular weight excluding hydrogens is 435 g/mol. The smallest absolute Gasteiger partial charge is 0.251 e. The van der Waals surface area contributed by atoms with E-state index in [0.29, 0.717) is 28.3 Å². The van der Waals surface area contributed by atoms with Gasteiger partial charge in [0.2, 0.25) is 17.6 Å². The fourth-order valence-electron chi connectivity index (χ4n) is 4.10. The van der Waals surface area contributed by atoms with Crippen LogP contribution in [0, 0.1) is 19.7 Å². The van der Waals surface area contributed by atoms with Gasteiger partial charge in [0.25, 0.3) is 5.91 Å². The van der Waals surface area contributed by atoms with E-state index in [9.17, 15) is 14.0 Å². The third-order valence-corrected chi connectivity index (χ3v) is 6.17. The minimum absolute atomic E-state index is 0.0754. The SMILES string of the molecule is Cc1ccc(-c2noc(CCC(=O)Nc3ccc(C(=O)NC4CCCCC4)cc3C)n2)cc1F. The molecule has 0 radical (unpaired) electrons. The van der Waals surface area contributed by atoms with Gasteiger partial charge < -0.3 is 15.2 Å². The van der Waals surface area contributed by atoms with Crippen molar-refractivity contribution in [2.45, 2.75) is 64.8 Å². The zero-order chi connectivity index (χ0) is 24.1. The van der Waals surface area contributed by atoms with Crippen LogP contribution in [0.2, 0.25) is 0 Å². The van der Waals surface area contributed by atoms with Gasteiger partial charge in [-0.3, -0.25) is 9.59 Å². The number of aryl methyl sites for hydroxylation is 3. The first-order chi connectivity index (χ1) is 16.4. The van der Waals surface area contributed by atoms with Crippen LogP contribution in [0.1, 0.15) is 65.9 Å². The van der Waals surface area contributed by atoms with Gasteiger partial charge in [-0.25, -0.2) is 4.39 Å². The Hall–Kier alpha value is -3.55. The molecule has 1 aliphatic rings. The van der Waals surface area contributed by atoms with Gasteiger partial charge in [0.05, 0.1) is 0 Å².